The molecule has 1 aliphatic carbocycles. The van der Waals surface area contributed by atoms with Crippen LogP contribution in [-0.2, 0) is 13.0 Å². The number of aliphatic hydroxyl groups is 1. The number of hydrogen-bond donors (Lipinski definition) is 1. The zero-order valence-corrected chi connectivity index (χ0v) is 18.6. The number of ether oxygens (including phenoxy) is 1. The van der Waals surface area contributed by atoms with Gasteiger partial charge in [-0.15, -0.1) is 0 Å². The van der Waals surface area contributed by atoms with Crippen molar-refractivity contribution in [1.29, 1.82) is 0 Å². The van der Waals surface area contributed by atoms with Crippen LogP contribution in [0.3, 0.4) is 0 Å². The molecule has 0 radical (unpaired) electrons. The molecule has 1 saturated heterocycles. The lowest BCUT2D eigenvalue weighted by Gasteiger charge is -2.43. The van der Waals surface area contributed by atoms with Crippen molar-refractivity contribution < 1.29 is 9.84 Å². The molecule has 5 rings (SSSR count). The van der Waals surface area contributed by atoms with Gasteiger partial charge in [0.25, 0.3) is 0 Å². The van der Waals surface area contributed by atoms with Gasteiger partial charge in [-0.1, -0.05) is 43.5 Å². The Morgan fingerprint density at radius 1 is 1.23 bits per heavy atom. The molecule has 0 unspecified atom stereocenters. The Bertz CT molecular complexity index is 969. The van der Waals surface area contributed by atoms with Crippen LogP contribution in [0.2, 0.25) is 5.02 Å². The van der Waals surface area contributed by atoms with Crippen LogP contribution in [0.1, 0.15) is 56.0 Å². The number of aliphatic hydroxyl groups excluding tert-OH is 1. The second-order valence-corrected chi connectivity index (χ2v) is 9.62. The van der Waals surface area contributed by atoms with Crippen LogP contribution in [0, 0.1) is 18.3 Å². The van der Waals surface area contributed by atoms with Crippen LogP contribution in [-0.4, -0.2) is 34.8 Å². The highest BCUT2D eigenvalue weighted by molar-refractivity contribution is 6.35. The molecule has 160 valence electrons. The molecule has 0 amide bonds. The Hall–Kier alpha value is -1.85. The van der Waals surface area contributed by atoms with E-state index >= 15 is 0 Å². The third-order valence-electron chi connectivity index (χ3n) is 7.74. The van der Waals surface area contributed by atoms with Crippen LogP contribution in [0.25, 0.3) is 11.3 Å². The number of anilines is 1. The number of halogens is 1. The number of hydrogen-bond acceptors (Lipinski definition) is 5. The van der Waals surface area contributed by atoms with Crippen molar-refractivity contribution in [3.05, 3.63) is 34.1 Å². The average Bonchev–Trinajstić information content (AvgIpc) is 3.37. The number of nitrogens with zero attached hydrogens (tertiary/aromatic N) is 3. The number of piperidine rings is 1. The monoisotopic (exact) mass is 427 g/mol. The van der Waals surface area contributed by atoms with E-state index in [9.17, 15) is 5.11 Å². The Kier molecular flexibility index (Phi) is 5.14. The van der Waals surface area contributed by atoms with Gasteiger partial charge < -0.3 is 14.7 Å². The predicted molar refractivity (Wildman–Crippen MR) is 119 cm³/mol. The summed E-state index contributed by atoms with van der Waals surface area (Å²) >= 11 is 6.66. The molecule has 5 nitrogen and oxygen atoms in total. The number of rotatable bonds is 3. The van der Waals surface area contributed by atoms with Crippen molar-refractivity contribution in [2.24, 2.45) is 11.3 Å². The third-order valence-corrected chi connectivity index (χ3v) is 8.11. The molecule has 2 fully saturated rings. The molecule has 1 aromatic heterocycles. The van der Waals surface area contributed by atoms with E-state index in [0.717, 1.165) is 59.5 Å². The molecule has 2 aliphatic heterocycles. The lowest BCUT2D eigenvalue weighted by molar-refractivity contribution is 0.161. The summed E-state index contributed by atoms with van der Waals surface area (Å²) in [5.74, 6) is 2.40. The van der Waals surface area contributed by atoms with E-state index in [2.05, 4.69) is 17.9 Å². The Labute approximate surface area is 183 Å². The number of aryl methyl sites for hydroxylation is 1. The highest BCUT2D eigenvalue weighted by Crippen LogP contribution is 2.50. The van der Waals surface area contributed by atoms with E-state index in [4.69, 9.17) is 26.3 Å². The second-order valence-electron chi connectivity index (χ2n) is 9.24. The maximum atomic E-state index is 10.1. The van der Waals surface area contributed by atoms with E-state index < -0.39 is 0 Å². The molecule has 0 bridgehead atoms. The van der Waals surface area contributed by atoms with Gasteiger partial charge in [0.05, 0.1) is 29.6 Å². The first kappa shape index (κ1) is 20.1. The maximum absolute atomic E-state index is 10.1. The van der Waals surface area contributed by atoms with Crippen molar-refractivity contribution in [2.45, 2.75) is 59.0 Å². The maximum Gasteiger partial charge on any atom is 0.153 e. The van der Waals surface area contributed by atoms with E-state index in [1.807, 2.05) is 13.0 Å². The normalized spacial score (nSPS) is 22.4. The first-order chi connectivity index (χ1) is 14.5. The van der Waals surface area contributed by atoms with Gasteiger partial charge in [0, 0.05) is 25.1 Å². The second kappa shape index (κ2) is 7.69. The zero-order valence-electron chi connectivity index (χ0n) is 17.9. The summed E-state index contributed by atoms with van der Waals surface area (Å²) in [6.07, 6.45) is 7.38. The van der Waals surface area contributed by atoms with Crippen LogP contribution in [0.15, 0.2) is 12.1 Å². The fourth-order valence-corrected chi connectivity index (χ4v) is 6.10. The van der Waals surface area contributed by atoms with Gasteiger partial charge in [-0.3, -0.25) is 0 Å². The molecule has 3 aliphatic rings. The van der Waals surface area contributed by atoms with Crippen molar-refractivity contribution in [2.75, 3.05) is 24.6 Å². The molecule has 1 N–H and O–H groups in total. The van der Waals surface area contributed by atoms with Crippen LogP contribution in [0.4, 0.5) is 5.82 Å². The molecule has 2 aromatic rings. The van der Waals surface area contributed by atoms with Crippen molar-refractivity contribution in [3.63, 3.8) is 0 Å². The van der Waals surface area contributed by atoms with Gasteiger partial charge in [0.15, 0.2) is 5.82 Å². The quantitative estimate of drug-likeness (QED) is 0.751. The van der Waals surface area contributed by atoms with Crippen molar-refractivity contribution in [3.8, 4) is 17.0 Å². The number of fused-ring (bicyclic) bond motifs is 1. The van der Waals surface area contributed by atoms with Crippen LogP contribution < -0.4 is 9.64 Å². The minimum Gasteiger partial charge on any atom is -0.491 e. The first-order valence-electron chi connectivity index (χ1n) is 11.2. The lowest BCUT2D eigenvalue weighted by atomic mass is 9.71. The summed E-state index contributed by atoms with van der Waals surface area (Å²) in [6.45, 7) is 6.90. The fourth-order valence-electron chi connectivity index (χ4n) is 5.77. The van der Waals surface area contributed by atoms with Gasteiger partial charge in [-0.2, -0.15) is 0 Å². The summed E-state index contributed by atoms with van der Waals surface area (Å²) in [7, 11) is 0. The SMILES string of the molecule is Cc1nc(N2CCC3(CCC[C@H]3C)CC2)c(CO)nc1-c1ccc2c(c1Cl)OCC2. The smallest absolute Gasteiger partial charge is 0.153 e. The molecule has 6 heteroatoms. The summed E-state index contributed by atoms with van der Waals surface area (Å²) in [6, 6.07) is 4.06. The molecular formula is C24H30ClN3O2. The predicted octanol–water partition coefficient (Wildman–Crippen LogP) is 4.94. The molecule has 1 atom stereocenters. The minimum atomic E-state index is -0.132. The lowest BCUT2D eigenvalue weighted by Crippen LogP contribution is -2.42. The fraction of sp³-hybridized carbons (Fsp3) is 0.583. The van der Waals surface area contributed by atoms with E-state index in [1.54, 1.807) is 0 Å². The Morgan fingerprint density at radius 2 is 2.03 bits per heavy atom. The summed E-state index contributed by atoms with van der Waals surface area (Å²) in [4.78, 5) is 12.1. The number of benzene rings is 1. The van der Waals surface area contributed by atoms with Crippen molar-refractivity contribution >= 4 is 17.4 Å². The first-order valence-corrected chi connectivity index (χ1v) is 11.6. The zero-order chi connectivity index (χ0) is 20.9. The molecule has 1 aromatic carbocycles. The van der Waals surface area contributed by atoms with Crippen molar-refractivity contribution in [1.82, 2.24) is 9.97 Å². The van der Waals surface area contributed by atoms with Gasteiger partial charge in [-0.25, -0.2) is 9.97 Å². The third kappa shape index (κ3) is 3.18. The molecule has 30 heavy (non-hydrogen) atoms. The average molecular weight is 428 g/mol. The highest BCUT2D eigenvalue weighted by Gasteiger charge is 2.42. The standard InChI is InChI=1S/C24H30ClN3O2/c1-15-4-3-8-24(15)9-11-28(12-10-24)23-19(14-29)27-21(16(2)26-23)18-6-5-17-7-13-30-22(17)20(18)25/h5-6,15,29H,3-4,7-14H2,1-2H3/t15-/m1/s1. The molecule has 1 saturated carbocycles. The minimum absolute atomic E-state index is 0.132. The van der Waals surface area contributed by atoms with Gasteiger partial charge in [0.1, 0.15) is 11.4 Å². The molecule has 1 spiro atoms. The van der Waals surface area contributed by atoms with Gasteiger partial charge in [0.2, 0.25) is 0 Å². The van der Waals surface area contributed by atoms with E-state index in [-0.39, 0.29) is 6.61 Å². The van der Waals surface area contributed by atoms with Gasteiger partial charge >= 0.3 is 0 Å². The largest absolute Gasteiger partial charge is 0.491 e. The number of aromatic nitrogens is 2. The van der Waals surface area contributed by atoms with E-state index in [0.29, 0.717) is 22.7 Å². The molecule has 3 heterocycles. The van der Waals surface area contributed by atoms with E-state index in [1.165, 1.54) is 32.1 Å². The van der Waals surface area contributed by atoms with Crippen LogP contribution >= 0.6 is 11.6 Å². The summed E-state index contributed by atoms with van der Waals surface area (Å²) < 4.78 is 5.72. The Balaban J connectivity index is 1.46. The topological polar surface area (TPSA) is 58.5 Å². The van der Waals surface area contributed by atoms with Gasteiger partial charge in [-0.05, 0) is 43.1 Å². The Morgan fingerprint density at radius 3 is 2.73 bits per heavy atom. The molecular weight excluding hydrogens is 398 g/mol. The highest BCUT2D eigenvalue weighted by atomic mass is 35.5. The van der Waals surface area contributed by atoms with Crippen LogP contribution in [0.5, 0.6) is 5.75 Å². The summed E-state index contributed by atoms with van der Waals surface area (Å²) in [5, 5.41) is 10.7. The summed E-state index contributed by atoms with van der Waals surface area (Å²) in [5.41, 5.74) is 4.65.